The zero-order valence-electron chi connectivity index (χ0n) is 23.2. The Kier molecular flexibility index (Phi) is 7.18. The molecule has 8 nitrogen and oxygen atoms in total. The molecule has 206 valence electrons. The van der Waals surface area contributed by atoms with Crippen LogP contribution in [0.5, 0.6) is 0 Å². The normalized spacial score (nSPS) is 23.7. The summed E-state index contributed by atoms with van der Waals surface area (Å²) in [5.41, 5.74) is 8.27. The molecule has 4 atom stereocenters. The summed E-state index contributed by atoms with van der Waals surface area (Å²) in [6, 6.07) is 10.6. The monoisotopic (exact) mass is 532 g/mol. The van der Waals surface area contributed by atoms with E-state index in [-0.39, 0.29) is 23.3 Å². The van der Waals surface area contributed by atoms with Gasteiger partial charge in [0.2, 0.25) is 11.9 Å². The molecule has 9 heteroatoms. The fraction of sp³-hybridized carbons (Fsp3) is 0.467. The maximum atomic E-state index is 14.2. The van der Waals surface area contributed by atoms with Crippen molar-refractivity contribution in [3.05, 3.63) is 70.0 Å². The molecule has 39 heavy (non-hydrogen) atoms. The summed E-state index contributed by atoms with van der Waals surface area (Å²) in [6.45, 7) is 10.6. The van der Waals surface area contributed by atoms with Gasteiger partial charge in [-0.05, 0) is 84.7 Å². The third kappa shape index (κ3) is 5.40. The molecule has 3 saturated carbocycles. The predicted molar refractivity (Wildman–Crippen MR) is 151 cm³/mol. The molecule has 1 aromatic heterocycles. The molecule has 0 aliphatic heterocycles. The summed E-state index contributed by atoms with van der Waals surface area (Å²) in [6.07, 6.45) is 4.21. The number of rotatable bonds is 5. The van der Waals surface area contributed by atoms with Crippen molar-refractivity contribution in [2.45, 2.75) is 66.5 Å². The number of aliphatic imine (C=N–C) groups is 1. The Hall–Kier alpha value is -3.75. The molecular formula is C30H37FN6O2. The van der Waals surface area contributed by atoms with E-state index >= 15 is 0 Å². The molecule has 0 unspecified atom stereocenters. The van der Waals surface area contributed by atoms with Gasteiger partial charge in [-0.25, -0.2) is 14.4 Å². The number of nitrogens with zero attached hydrogens (tertiary/aromatic N) is 3. The number of guanidine groups is 1. The standard InChI is InChI=1S/C30H37FN6O2/c1-17-6-7-20(25(31)12-17)10-11-37-16-32-27-15-22(8-9-23(27)28(37)39)33-29(36-35-19(3)38)34-26-14-21-13-24(18(26)2)30(21,4)5/h6-9,12,15-16,18,21,24,26H,10-11,13-14H2,1-5H3,(H,35,38)(H2,33,34,36)/t18-,21-,24-,26+/m1/s1. The highest BCUT2D eigenvalue weighted by Crippen LogP contribution is 2.61. The Morgan fingerprint density at radius 1 is 1.18 bits per heavy atom. The van der Waals surface area contributed by atoms with Crippen LogP contribution in [-0.4, -0.2) is 27.5 Å². The van der Waals surface area contributed by atoms with Crippen molar-refractivity contribution in [2.24, 2.45) is 28.2 Å². The first-order chi connectivity index (χ1) is 18.5. The predicted octanol–water partition coefficient (Wildman–Crippen LogP) is 4.38. The number of hydrazine groups is 1. The summed E-state index contributed by atoms with van der Waals surface area (Å²) in [4.78, 5) is 33.9. The number of hydrogen-bond donors (Lipinski definition) is 3. The van der Waals surface area contributed by atoms with Crippen molar-refractivity contribution in [2.75, 3.05) is 0 Å². The highest BCUT2D eigenvalue weighted by Gasteiger charge is 2.56. The number of fused-ring (bicyclic) bond motifs is 3. The van der Waals surface area contributed by atoms with Gasteiger partial charge in [-0.2, -0.15) is 0 Å². The fourth-order valence-corrected chi connectivity index (χ4v) is 6.36. The molecule has 1 heterocycles. The lowest BCUT2D eigenvalue weighted by Gasteiger charge is -2.62. The Morgan fingerprint density at radius 2 is 1.97 bits per heavy atom. The second kappa shape index (κ2) is 10.4. The molecule has 3 aliphatic rings. The largest absolute Gasteiger partial charge is 0.352 e. The first-order valence-corrected chi connectivity index (χ1v) is 13.6. The number of carbonyl (C=O) groups is 1. The second-order valence-corrected chi connectivity index (χ2v) is 11.8. The molecule has 1 amide bonds. The van der Waals surface area contributed by atoms with E-state index in [0.29, 0.717) is 64.2 Å². The quantitative estimate of drug-likeness (QED) is 0.257. The van der Waals surface area contributed by atoms with Crippen LogP contribution in [0.15, 0.2) is 52.5 Å². The molecule has 0 saturated heterocycles. The molecule has 3 aliphatic carbocycles. The number of carbonyl (C=O) groups excluding carboxylic acids is 1. The Bertz CT molecular complexity index is 1500. The van der Waals surface area contributed by atoms with Crippen LogP contribution in [0.3, 0.4) is 0 Å². The van der Waals surface area contributed by atoms with E-state index in [1.807, 2.05) is 13.0 Å². The zero-order chi connectivity index (χ0) is 27.9. The highest BCUT2D eigenvalue weighted by atomic mass is 19.1. The molecule has 6 rings (SSSR count). The number of aromatic nitrogens is 2. The van der Waals surface area contributed by atoms with E-state index in [1.54, 1.807) is 24.3 Å². The van der Waals surface area contributed by atoms with E-state index in [4.69, 9.17) is 4.99 Å². The average Bonchev–Trinajstić information content (AvgIpc) is 2.88. The Morgan fingerprint density at radius 3 is 2.67 bits per heavy atom. The van der Waals surface area contributed by atoms with Crippen LogP contribution < -0.4 is 21.7 Å². The second-order valence-electron chi connectivity index (χ2n) is 11.8. The van der Waals surface area contributed by atoms with Crippen molar-refractivity contribution < 1.29 is 9.18 Å². The van der Waals surface area contributed by atoms with Gasteiger partial charge >= 0.3 is 0 Å². The number of benzene rings is 2. The molecule has 2 aromatic carbocycles. The van der Waals surface area contributed by atoms with Gasteiger partial charge < -0.3 is 5.32 Å². The average molecular weight is 533 g/mol. The summed E-state index contributed by atoms with van der Waals surface area (Å²) in [7, 11) is 0. The number of amides is 1. The number of nitrogens with one attached hydrogen (secondary N) is 3. The molecular weight excluding hydrogens is 495 g/mol. The van der Waals surface area contributed by atoms with E-state index in [2.05, 4.69) is 41.9 Å². The van der Waals surface area contributed by atoms with Crippen molar-refractivity contribution in [1.82, 2.24) is 25.7 Å². The Balaban J connectivity index is 1.35. The van der Waals surface area contributed by atoms with Crippen LogP contribution in [0.1, 0.15) is 51.7 Å². The fourth-order valence-electron chi connectivity index (χ4n) is 6.36. The van der Waals surface area contributed by atoms with Crippen molar-refractivity contribution in [3.8, 4) is 0 Å². The molecule has 3 N–H and O–H groups in total. The Labute approximate surface area is 228 Å². The topological polar surface area (TPSA) is 100 Å². The van der Waals surface area contributed by atoms with Gasteiger partial charge in [0.1, 0.15) is 5.82 Å². The third-order valence-electron chi connectivity index (χ3n) is 8.91. The van der Waals surface area contributed by atoms with E-state index in [9.17, 15) is 14.0 Å². The van der Waals surface area contributed by atoms with Crippen LogP contribution in [0.2, 0.25) is 0 Å². The third-order valence-corrected chi connectivity index (χ3v) is 8.91. The van der Waals surface area contributed by atoms with Crippen molar-refractivity contribution in [1.29, 1.82) is 0 Å². The number of halogens is 1. The van der Waals surface area contributed by atoms with Crippen LogP contribution in [0, 0.1) is 35.9 Å². The number of hydrogen-bond acceptors (Lipinski definition) is 4. The smallest absolute Gasteiger partial charge is 0.261 e. The first-order valence-electron chi connectivity index (χ1n) is 13.6. The maximum absolute atomic E-state index is 14.2. The van der Waals surface area contributed by atoms with Gasteiger partial charge in [-0.15, -0.1) is 0 Å². The van der Waals surface area contributed by atoms with Crippen LogP contribution in [0.4, 0.5) is 10.1 Å². The molecule has 2 bridgehead atoms. The minimum atomic E-state index is -0.264. The van der Waals surface area contributed by atoms with Crippen molar-refractivity contribution >= 4 is 28.5 Å². The lowest BCUT2D eigenvalue weighted by Crippen LogP contribution is -2.62. The van der Waals surface area contributed by atoms with Gasteiger partial charge in [0.25, 0.3) is 5.56 Å². The van der Waals surface area contributed by atoms with E-state index in [1.165, 1.54) is 30.3 Å². The van der Waals surface area contributed by atoms with Crippen molar-refractivity contribution in [3.63, 3.8) is 0 Å². The van der Waals surface area contributed by atoms with Gasteiger partial charge in [0.05, 0.1) is 22.9 Å². The summed E-state index contributed by atoms with van der Waals surface area (Å²) >= 11 is 0. The molecule has 3 aromatic rings. The highest BCUT2D eigenvalue weighted by molar-refractivity contribution is 5.87. The SMILES string of the molecule is CC(=O)NNC(=Nc1ccc2c(=O)n(CCc3ccc(C)cc3F)cnc2c1)N[C@H]1C[C@H]2C[C@H]([C@H]1C)C2(C)C. The van der Waals surface area contributed by atoms with Gasteiger partial charge in [0, 0.05) is 19.5 Å². The van der Waals surface area contributed by atoms with Crippen LogP contribution in [-0.2, 0) is 17.8 Å². The van der Waals surface area contributed by atoms with Gasteiger partial charge in [-0.1, -0.05) is 32.9 Å². The minimum Gasteiger partial charge on any atom is -0.352 e. The summed E-state index contributed by atoms with van der Waals surface area (Å²) in [5, 5.41) is 3.99. The molecule has 0 spiro atoms. The lowest BCUT2D eigenvalue weighted by molar-refractivity contribution is -0.119. The first kappa shape index (κ1) is 26.8. The van der Waals surface area contributed by atoms with Crippen LogP contribution in [0.25, 0.3) is 10.9 Å². The van der Waals surface area contributed by atoms with Crippen LogP contribution >= 0.6 is 0 Å². The van der Waals surface area contributed by atoms with E-state index in [0.717, 1.165) is 12.0 Å². The minimum absolute atomic E-state index is 0.185. The lowest BCUT2D eigenvalue weighted by atomic mass is 9.45. The van der Waals surface area contributed by atoms with Gasteiger partial charge in [-0.3, -0.25) is 25.0 Å². The summed E-state index contributed by atoms with van der Waals surface area (Å²) < 4.78 is 15.7. The van der Waals surface area contributed by atoms with Gasteiger partial charge in [0.15, 0.2) is 0 Å². The summed E-state index contributed by atoms with van der Waals surface area (Å²) in [5.74, 6) is 1.77. The zero-order valence-corrected chi connectivity index (χ0v) is 23.2. The van der Waals surface area contributed by atoms with E-state index < -0.39 is 0 Å². The number of aryl methyl sites for hydroxylation is 3. The molecule has 0 radical (unpaired) electrons. The maximum Gasteiger partial charge on any atom is 0.261 e. The molecule has 3 fully saturated rings.